The fourth-order valence-corrected chi connectivity index (χ4v) is 3.54. The summed E-state index contributed by atoms with van der Waals surface area (Å²) in [6.45, 7) is 11.8. The molecule has 1 atom stereocenters. The fraction of sp³-hybridized carbons (Fsp3) is 0.727. The number of nitrogens with zero attached hydrogens (tertiary/aromatic N) is 3. The van der Waals surface area contributed by atoms with Gasteiger partial charge in [-0.15, -0.1) is 0 Å². The van der Waals surface area contributed by atoms with Gasteiger partial charge in [0.25, 0.3) is 0 Å². The molecular formula is C22H39N3O2. The lowest BCUT2D eigenvalue weighted by atomic mass is 10.0. The number of piperazine rings is 1. The lowest BCUT2D eigenvalue weighted by molar-refractivity contribution is 0.0524. The summed E-state index contributed by atoms with van der Waals surface area (Å²) in [5.41, 5.74) is 1.33. The van der Waals surface area contributed by atoms with Gasteiger partial charge in [0.05, 0.1) is 0 Å². The molecule has 0 aliphatic carbocycles. The first-order chi connectivity index (χ1) is 13.0. The van der Waals surface area contributed by atoms with Crippen molar-refractivity contribution in [2.75, 3.05) is 60.0 Å². The first-order valence-electron chi connectivity index (χ1n) is 10.4. The zero-order chi connectivity index (χ0) is 19.6. The van der Waals surface area contributed by atoms with Crippen LogP contribution in [0.5, 0.6) is 5.75 Å². The van der Waals surface area contributed by atoms with E-state index in [0.717, 1.165) is 57.4 Å². The van der Waals surface area contributed by atoms with Gasteiger partial charge in [-0.25, -0.2) is 0 Å². The third-order valence-electron chi connectivity index (χ3n) is 5.28. The standard InChI is InChI=1S/C22H39N3O2/c1-19(2)9-11-25-13-12-24(18-21(25)10-15-26)17-20-5-7-22(8-6-20)27-16-14-23(3)4/h5-8,19,21,26H,9-18H2,1-4H3/t21-/m0/s1. The van der Waals surface area contributed by atoms with E-state index in [1.165, 1.54) is 12.0 Å². The van der Waals surface area contributed by atoms with E-state index in [2.05, 4.69) is 66.9 Å². The summed E-state index contributed by atoms with van der Waals surface area (Å²) in [5.74, 6) is 1.67. The summed E-state index contributed by atoms with van der Waals surface area (Å²) in [4.78, 5) is 7.22. The average molecular weight is 378 g/mol. The molecular weight excluding hydrogens is 338 g/mol. The first-order valence-corrected chi connectivity index (χ1v) is 10.4. The number of aliphatic hydroxyl groups excluding tert-OH is 1. The summed E-state index contributed by atoms with van der Waals surface area (Å²) < 4.78 is 5.78. The molecule has 1 N–H and O–H groups in total. The van der Waals surface area contributed by atoms with Crippen LogP contribution in [0.1, 0.15) is 32.3 Å². The van der Waals surface area contributed by atoms with Crippen LogP contribution in [0.3, 0.4) is 0 Å². The van der Waals surface area contributed by atoms with Crippen LogP contribution in [0.2, 0.25) is 0 Å². The highest BCUT2D eigenvalue weighted by atomic mass is 16.5. The Morgan fingerprint density at radius 1 is 1.19 bits per heavy atom. The quantitative estimate of drug-likeness (QED) is 0.642. The van der Waals surface area contributed by atoms with E-state index in [1.54, 1.807) is 0 Å². The monoisotopic (exact) mass is 377 g/mol. The predicted molar refractivity (Wildman–Crippen MR) is 112 cm³/mol. The van der Waals surface area contributed by atoms with E-state index in [-0.39, 0.29) is 6.61 Å². The molecule has 5 heteroatoms. The average Bonchev–Trinajstić information content (AvgIpc) is 2.62. The van der Waals surface area contributed by atoms with Crippen LogP contribution in [-0.2, 0) is 6.54 Å². The van der Waals surface area contributed by atoms with Crippen LogP contribution in [0, 0.1) is 5.92 Å². The Balaban J connectivity index is 1.82. The Kier molecular flexibility index (Phi) is 9.56. The van der Waals surface area contributed by atoms with Crippen LogP contribution in [-0.4, -0.2) is 85.9 Å². The zero-order valence-corrected chi connectivity index (χ0v) is 17.7. The molecule has 1 aliphatic rings. The molecule has 1 saturated heterocycles. The van der Waals surface area contributed by atoms with Crippen LogP contribution < -0.4 is 4.74 Å². The van der Waals surface area contributed by atoms with Crippen molar-refractivity contribution in [3.05, 3.63) is 29.8 Å². The molecule has 0 spiro atoms. The van der Waals surface area contributed by atoms with Crippen LogP contribution in [0.4, 0.5) is 0 Å². The third-order valence-corrected chi connectivity index (χ3v) is 5.28. The third kappa shape index (κ3) is 8.18. The topological polar surface area (TPSA) is 39.2 Å². The number of ether oxygens (including phenoxy) is 1. The number of benzene rings is 1. The van der Waals surface area contributed by atoms with Crippen molar-refractivity contribution in [3.8, 4) is 5.75 Å². The predicted octanol–water partition coefficient (Wildman–Crippen LogP) is 2.54. The van der Waals surface area contributed by atoms with Gasteiger partial charge in [-0.05, 0) is 57.1 Å². The maximum absolute atomic E-state index is 9.46. The van der Waals surface area contributed by atoms with Crippen molar-refractivity contribution in [3.63, 3.8) is 0 Å². The maximum atomic E-state index is 9.46. The number of hydrogen-bond acceptors (Lipinski definition) is 5. The highest BCUT2D eigenvalue weighted by molar-refractivity contribution is 5.27. The smallest absolute Gasteiger partial charge is 0.119 e. The van der Waals surface area contributed by atoms with Gasteiger partial charge in [-0.1, -0.05) is 26.0 Å². The van der Waals surface area contributed by atoms with E-state index < -0.39 is 0 Å². The second kappa shape index (κ2) is 11.6. The minimum Gasteiger partial charge on any atom is -0.492 e. The van der Waals surface area contributed by atoms with Crippen molar-refractivity contribution in [1.82, 2.24) is 14.7 Å². The van der Waals surface area contributed by atoms with Crippen LogP contribution in [0.25, 0.3) is 0 Å². The van der Waals surface area contributed by atoms with E-state index in [0.29, 0.717) is 12.6 Å². The molecule has 0 saturated carbocycles. The summed E-state index contributed by atoms with van der Waals surface area (Å²) in [6, 6.07) is 8.98. The molecule has 0 radical (unpaired) electrons. The van der Waals surface area contributed by atoms with E-state index in [4.69, 9.17) is 4.74 Å². The second-order valence-electron chi connectivity index (χ2n) is 8.42. The Morgan fingerprint density at radius 3 is 2.56 bits per heavy atom. The summed E-state index contributed by atoms with van der Waals surface area (Å²) in [6.07, 6.45) is 2.10. The number of hydrogen-bond donors (Lipinski definition) is 1. The molecule has 1 aromatic rings. The Hall–Kier alpha value is -1.14. The molecule has 0 aromatic heterocycles. The molecule has 154 valence electrons. The van der Waals surface area contributed by atoms with E-state index in [9.17, 15) is 5.11 Å². The van der Waals surface area contributed by atoms with Gasteiger partial charge in [0.2, 0.25) is 0 Å². The molecule has 0 unspecified atom stereocenters. The van der Waals surface area contributed by atoms with Gasteiger partial charge < -0.3 is 14.7 Å². The van der Waals surface area contributed by atoms with Gasteiger partial charge >= 0.3 is 0 Å². The van der Waals surface area contributed by atoms with Crippen molar-refractivity contribution >= 4 is 0 Å². The zero-order valence-electron chi connectivity index (χ0n) is 17.7. The number of likely N-dealkylation sites (N-methyl/N-ethyl adjacent to an activating group) is 1. The minimum absolute atomic E-state index is 0.273. The Bertz CT molecular complexity index is 519. The summed E-state index contributed by atoms with van der Waals surface area (Å²) in [5, 5.41) is 9.46. The van der Waals surface area contributed by atoms with Crippen LogP contribution in [0.15, 0.2) is 24.3 Å². The minimum atomic E-state index is 0.273. The van der Waals surface area contributed by atoms with E-state index >= 15 is 0 Å². The lowest BCUT2D eigenvalue weighted by Crippen LogP contribution is -2.53. The SMILES string of the molecule is CC(C)CCN1CCN(Cc2ccc(OCCN(C)C)cc2)C[C@@H]1CCO. The summed E-state index contributed by atoms with van der Waals surface area (Å²) >= 11 is 0. The van der Waals surface area contributed by atoms with E-state index in [1.807, 2.05) is 0 Å². The fourth-order valence-electron chi connectivity index (χ4n) is 3.54. The second-order valence-corrected chi connectivity index (χ2v) is 8.42. The first kappa shape index (κ1) is 22.2. The molecule has 1 fully saturated rings. The Morgan fingerprint density at radius 2 is 1.93 bits per heavy atom. The molecule has 0 amide bonds. The van der Waals surface area contributed by atoms with Gasteiger partial charge in [-0.2, -0.15) is 0 Å². The van der Waals surface area contributed by atoms with Crippen molar-refractivity contribution in [2.24, 2.45) is 5.92 Å². The van der Waals surface area contributed by atoms with Gasteiger partial charge in [0, 0.05) is 45.4 Å². The molecule has 1 aromatic carbocycles. The molecule has 27 heavy (non-hydrogen) atoms. The van der Waals surface area contributed by atoms with Crippen molar-refractivity contribution < 1.29 is 9.84 Å². The van der Waals surface area contributed by atoms with Crippen molar-refractivity contribution in [1.29, 1.82) is 0 Å². The Labute approximate surface area is 165 Å². The van der Waals surface area contributed by atoms with Crippen LogP contribution >= 0.6 is 0 Å². The highest BCUT2D eigenvalue weighted by Gasteiger charge is 2.26. The number of aliphatic hydroxyl groups is 1. The van der Waals surface area contributed by atoms with Crippen molar-refractivity contribution in [2.45, 2.75) is 39.3 Å². The molecule has 1 aliphatic heterocycles. The van der Waals surface area contributed by atoms with Gasteiger partial charge in [-0.3, -0.25) is 9.80 Å². The molecule has 1 heterocycles. The summed E-state index contributed by atoms with van der Waals surface area (Å²) in [7, 11) is 4.11. The van der Waals surface area contributed by atoms with Gasteiger partial charge in [0.1, 0.15) is 12.4 Å². The maximum Gasteiger partial charge on any atom is 0.119 e. The molecule has 2 rings (SSSR count). The molecule has 0 bridgehead atoms. The largest absolute Gasteiger partial charge is 0.492 e. The molecule has 5 nitrogen and oxygen atoms in total. The lowest BCUT2D eigenvalue weighted by Gasteiger charge is -2.41. The number of rotatable bonds is 11. The van der Waals surface area contributed by atoms with Gasteiger partial charge in [0.15, 0.2) is 0 Å². The normalized spacial score (nSPS) is 19.1. The highest BCUT2D eigenvalue weighted by Crippen LogP contribution is 2.19.